The van der Waals surface area contributed by atoms with Crippen molar-refractivity contribution in [3.05, 3.63) is 77.4 Å². The fourth-order valence-electron chi connectivity index (χ4n) is 2.25. The number of carbonyl (C=O) groups excluding carboxylic acids is 2. The number of pyridine rings is 1. The van der Waals surface area contributed by atoms with Crippen LogP contribution in [0.5, 0.6) is 17.4 Å². The van der Waals surface area contributed by atoms with E-state index in [1.54, 1.807) is 54.6 Å². The predicted molar refractivity (Wildman–Crippen MR) is 105 cm³/mol. The quantitative estimate of drug-likeness (QED) is 0.633. The zero-order valence-electron chi connectivity index (χ0n) is 14.6. The van der Waals surface area contributed by atoms with Gasteiger partial charge in [-0.3, -0.25) is 9.59 Å². The van der Waals surface area contributed by atoms with Crippen LogP contribution in [0, 0.1) is 0 Å². The lowest BCUT2D eigenvalue weighted by atomic mass is 10.2. The van der Waals surface area contributed by atoms with Gasteiger partial charge in [-0.1, -0.05) is 23.7 Å². The number of carbonyl (C=O) groups is 2. The van der Waals surface area contributed by atoms with Gasteiger partial charge in [-0.15, -0.1) is 0 Å². The summed E-state index contributed by atoms with van der Waals surface area (Å²) in [7, 11) is 0. The minimum Gasteiger partial charge on any atom is -0.484 e. The first-order chi connectivity index (χ1) is 13.5. The molecular formula is C20H16ClN3O4. The second-order valence-electron chi connectivity index (χ2n) is 5.67. The minimum absolute atomic E-state index is 0.168. The van der Waals surface area contributed by atoms with E-state index in [0.717, 1.165) is 0 Å². The van der Waals surface area contributed by atoms with E-state index in [-0.39, 0.29) is 12.5 Å². The smallest absolute Gasteiger partial charge is 0.262 e. The van der Waals surface area contributed by atoms with Crippen molar-refractivity contribution in [2.24, 2.45) is 5.73 Å². The number of nitrogens with two attached hydrogens (primary N) is 1. The van der Waals surface area contributed by atoms with Gasteiger partial charge < -0.3 is 20.5 Å². The van der Waals surface area contributed by atoms with Crippen LogP contribution in [0.25, 0.3) is 0 Å². The number of aromatic nitrogens is 1. The molecule has 0 fully saturated rings. The molecule has 7 nitrogen and oxygen atoms in total. The molecule has 0 atom stereocenters. The molecule has 0 unspecified atom stereocenters. The lowest BCUT2D eigenvalue weighted by Crippen LogP contribution is -2.20. The molecule has 0 aliphatic rings. The third-order valence-corrected chi connectivity index (χ3v) is 3.76. The number of amides is 2. The third-order valence-electron chi connectivity index (χ3n) is 3.53. The SMILES string of the molecule is NC(=O)c1cccc(Oc2ccc(NC(=O)COc3cccc(Cl)c3)cn2)c1. The maximum absolute atomic E-state index is 12.0. The number of ether oxygens (including phenoxy) is 2. The fourth-order valence-corrected chi connectivity index (χ4v) is 2.43. The van der Waals surface area contributed by atoms with E-state index in [1.165, 1.54) is 12.3 Å². The average molecular weight is 398 g/mol. The molecule has 0 aliphatic heterocycles. The Labute approximate surface area is 166 Å². The normalized spacial score (nSPS) is 10.2. The van der Waals surface area contributed by atoms with Gasteiger partial charge in [0, 0.05) is 16.7 Å². The summed E-state index contributed by atoms with van der Waals surface area (Å²) < 4.78 is 11.0. The molecule has 1 heterocycles. The van der Waals surface area contributed by atoms with E-state index in [9.17, 15) is 9.59 Å². The maximum atomic E-state index is 12.0. The molecule has 0 spiro atoms. The van der Waals surface area contributed by atoms with Crippen molar-refractivity contribution in [2.75, 3.05) is 11.9 Å². The van der Waals surface area contributed by atoms with Crippen molar-refractivity contribution in [1.82, 2.24) is 4.98 Å². The zero-order chi connectivity index (χ0) is 19.9. The molecule has 0 saturated carbocycles. The number of halogens is 1. The molecule has 1 aromatic heterocycles. The van der Waals surface area contributed by atoms with E-state index in [2.05, 4.69) is 10.3 Å². The molecule has 0 saturated heterocycles. The lowest BCUT2D eigenvalue weighted by Gasteiger charge is -2.09. The highest BCUT2D eigenvalue weighted by Crippen LogP contribution is 2.21. The van der Waals surface area contributed by atoms with E-state index in [0.29, 0.717) is 33.7 Å². The van der Waals surface area contributed by atoms with Crippen LogP contribution in [0.15, 0.2) is 66.9 Å². The van der Waals surface area contributed by atoms with Gasteiger partial charge in [-0.05, 0) is 42.5 Å². The van der Waals surface area contributed by atoms with Crippen LogP contribution in [0.1, 0.15) is 10.4 Å². The molecule has 8 heteroatoms. The summed E-state index contributed by atoms with van der Waals surface area (Å²) in [5.41, 5.74) is 6.06. The second kappa shape index (κ2) is 8.88. The highest BCUT2D eigenvalue weighted by molar-refractivity contribution is 6.30. The largest absolute Gasteiger partial charge is 0.484 e. The summed E-state index contributed by atoms with van der Waals surface area (Å²) in [5.74, 6) is 0.342. The van der Waals surface area contributed by atoms with E-state index in [4.69, 9.17) is 26.8 Å². The van der Waals surface area contributed by atoms with Gasteiger partial charge in [0.1, 0.15) is 11.5 Å². The summed E-state index contributed by atoms with van der Waals surface area (Å²) in [6, 6.07) is 16.4. The van der Waals surface area contributed by atoms with E-state index >= 15 is 0 Å². The Morgan fingerprint density at radius 3 is 2.54 bits per heavy atom. The highest BCUT2D eigenvalue weighted by atomic mass is 35.5. The molecule has 0 bridgehead atoms. The predicted octanol–water partition coefficient (Wildman–Crippen LogP) is 3.64. The molecule has 2 aromatic carbocycles. The second-order valence-corrected chi connectivity index (χ2v) is 6.11. The number of benzene rings is 2. The average Bonchev–Trinajstić information content (AvgIpc) is 2.68. The van der Waals surface area contributed by atoms with Crippen LogP contribution in [0.3, 0.4) is 0 Å². The van der Waals surface area contributed by atoms with Crippen LogP contribution >= 0.6 is 11.6 Å². The van der Waals surface area contributed by atoms with Crippen molar-refractivity contribution in [3.8, 4) is 17.4 Å². The van der Waals surface area contributed by atoms with Crippen molar-refractivity contribution in [1.29, 1.82) is 0 Å². The van der Waals surface area contributed by atoms with Crippen LogP contribution in [0.2, 0.25) is 5.02 Å². The number of nitrogens with zero attached hydrogens (tertiary/aromatic N) is 1. The van der Waals surface area contributed by atoms with Crippen LogP contribution < -0.4 is 20.5 Å². The Balaban J connectivity index is 1.54. The number of rotatable bonds is 7. The molecule has 3 aromatic rings. The molecule has 3 rings (SSSR count). The molecule has 3 N–H and O–H groups in total. The number of hydrogen-bond acceptors (Lipinski definition) is 5. The summed E-state index contributed by atoms with van der Waals surface area (Å²) >= 11 is 5.86. The topological polar surface area (TPSA) is 104 Å². The van der Waals surface area contributed by atoms with E-state index in [1.807, 2.05) is 0 Å². The monoisotopic (exact) mass is 397 g/mol. The summed E-state index contributed by atoms with van der Waals surface area (Å²) in [5, 5.41) is 3.19. The first kappa shape index (κ1) is 19.2. The van der Waals surface area contributed by atoms with Gasteiger partial charge in [0.05, 0.1) is 11.9 Å². The Bertz CT molecular complexity index is 993. The Hall–Kier alpha value is -3.58. The zero-order valence-corrected chi connectivity index (χ0v) is 15.3. The van der Waals surface area contributed by atoms with Crippen molar-refractivity contribution >= 4 is 29.1 Å². The molecular weight excluding hydrogens is 382 g/mol. The number of hydrogen-bond donors (Lipinski definition) is 2. The van der Waals surface area contributed by atoms with Gasteiger partial charge >= 0.3 is 0 Å². The standard InChI is InChI=1S/C20H16ClN3O4/c21-14-4-2-5-16(10-14)27-12-18(25)24-15-7-8-19(23-11-15)28-17-6-1-3-13(9-17)20(22)26/h1-11H,12H2,(H2,22,26)(H,24,25). The van der Waals surface area contributed by atoms with Crippen LogP contribution in [0.4, 0.5) is 5.69 Å². The van der Waals surface area contributed by atoms with Crippen molar-refractivity contribution in [2.45, 2.75) is 0 Å². The van der Waals surface area contributed by atoms with Gasteiger partial charge in [0.25, 0.3) is 5.91 Å². The highest BCUT2D eigenvalue weighted by Gasteiger charge is 2.07. The molecule has 0 aliphatic carbocycles. The first-order valence-electron chi connectivity index (χ1n) is 8.21. The fraction of sp³-hybridized carbons (Fsp3) is 0.0500. The Morgan fingerprint density at radius 1 is 1.04 bits per heavy atom. The Kier molecular flexibility index (Phi) is 6.08. The molecule has 2 amide bonds. The van der Waals surface area contributed by atoms with Gasteiger partial charge in [0.2, 0.25) is 11.8 Å². The lowest BCUT2D eigenvalue weighted by molar-refractivity contribution is -0.118. The van der Waals surface area contributed by atoms with Gasteiger partial charge in [-0.25, -0.2) is 4.98 Å². The Morgan fingerprint density at radius 2 is 1.82 bits per heavy atom. The number of nitrogens with one attached hydrogen (secondary N) is 1. The summed E-state index contributed by atoms with van der Waals surface area (Å²) in [6.45, 7) is -0.168. The number of anilines is 1. The summed E-state index contributed by atoms with van der Waals surface area (Å²) in [4.78, 5) is 27.3. The first-order valence-corrected chi connectivity index (χ1v) is 8.59. The van der Waals surface area contributed by atoms with Crippen LogP contribution in [-0.2, 0) is 4.79 Å². The molecule has 28 heavy (non-hydrogen) atoms. The van der Waals surface area contributed by atoms with Crippen molar-refractivity contribution in [3.63, 3.8) is 0 Å². The molecule has 0 radical (unpaired) electrons. The minimum atomic E-state index is -0.545. The summed E-state index contributed by atoms with van der Waals surface area (Å²) in [6.07, 6.45) is 1.45. The van der Waals surface area contributed by atoms with Crippen LogP contribution in [-0.4, -0.2) is 23.4 Å². The van der Waals surface area contributed by atoms with Gasteiger partial charge in [0.15, 0.2) is 6.61 Å². The third kappa shape index (κ3) is 5.46. The number of primary amides is 1. The molecule has 142 valence electrons. The van der Waals surface area contributed by atoms with E-state index < -0.39 is 5.91 Å². The van der Waals surface area contributed by atoms with Gasteiger partial charge in [-0.2, -0.15) is 0 Å². The van der Waals surface area contributed by atoms with Crippen molar-refractivity contribution < 1.29 is 19.1 Å². The maximum Gasteiger partial charge on any atom is 0.262 e.